The molecule has 0 radical (unpaired) electrons. The van der Waals surface area contributed by atoms with Crippen LogP contribution in [-0.2, 0) is 9.53 Å². The zero-order valence-electron chi connectivity index (χ0n) is 23.2. The minimum Gasteiger partial charge on any atom is -0.461 e. The van der Waals surface area contributed by atoms with Crippen LogP contribution in [-0.4, -0.2) is 23.9 Å². The molecule has 0 amide bonds. The number of esters is 1. The van der Waals surface area contributed by atoms with Crippen LogP contribution in [0.25, 0.3) is 0 Å². The third-order valence-electron chi connectivity index (χ3n) is 11.3. The summed E-state index contributed by atoms with van der Waals surface area (Å²) in [6.07, 6.45) is 17.3. The maximum Gasteiger partial charge on any atom is 0.323 e. The molecule has 4 rings (SSSR count). The smallest absolute Gasteiger partial charge is 0.323 e. The summed E-state index contributed by atoms with van der Waals surface area (Å²) in [6, 6.07) is -0.537. The van der Waals surface area contributed by atoms with E-state index in [9.17, 15) is 4.79 Å². The largest absolute Gasteiger partial charge is 0.461 e. The van der Waals surface area contributed by atoms with Crippen LogP contribution in [0.1, 0.15) is 112 Å². The molecule has 0 bridgehead atoms. The van der Waals surface area contributed by atoms with Crippen LogP contribution >= 0.6 is 12.6 Å². The lowest BCUT2D eigenvalue weighted by Crippen LogP contribution is -2.51. The number of nitrogens with two attached hydrogens (primary N) is 1. The van der Waals surface area contributed by atoms with Crippen molar-refractivity contribution in [2.45, 2.75) is 124 Å². The lowest BCUT2D eigenvalue weighted by Gasteiger charge is -2.58. The molecule has 0 aliphatic heterocycles. The Bertz CT molecular complexity index is 780. The number of fused-ring (bicyclic) bond motifs is 5. The Balaban J connectivity index is 1.42. The number of hydrogen-bond acceptors (Lipinski definition) is 4. The van der Waals surface area contributed by atoms with E-state index in [1.165, 1.54) is 51.4 Å². The molecule has 0 aromatic rings. The Morgan fingerprint density at radius 2 is 1.86 bits per heavy atom. The van der Waals surface area contributed by atoms with Crippen molar-refractivity contribution < 1.29 is 9.53 Å². The van der Waals surface area contributed by atoms with Gasteiger partial charge in [0.1, 0.15) is 12.1 Å². The SMILES string of the molecule is CC(C)CCC[C@@H](C)[C@H]1CC[C@H]2[C@@H]3CC=C4CC(OC(=O)[C@@H](N)CCS)CC[C@]4(C)[C@H]3CC[C@]12C. The highest BCUT2D eigenvalue weighted by Crippen LogP contribution is 2.67. The number of rotatable bonds is 9. The van der Waals surface area contributed by atoms with Gasteiger partial charge in [-0.05, 0) is 103 Å². The molecule has 0 saturated heterocycles. The fourth-order valence-corrected chi connectivity index (χ4v) is 9.54. The summed E-state index contributed by atoms with van der Waals surface area (Å²) >= 11 is 4.21. The molecular weight excluding hydrogens is 450 g/mol. The Kier molecular flexibility index (Phi) is 8.74. The molecule has 4 aliphatic rings. The van der Waals surface area contributed by atoms with E-state index < -0.39 is 6.04 Å². The number of allylic oxidation sites excluding steroid dienone is 1. The highest BCUT2D eigenvalue weighted by Gasteiger charge is 2.59. The maximum atomic E-state index is 12.4. The van der Waals surface area contributed by atoms with E-state index in [1.54, 1.807) is 5.57 Å². The van der Waals surface area contributed by atoms with Gasteiger partial charge in [-0.1, -0.05) is 65.5 Å². The molecule has 9 atom stereocenters. The summed E-state index contributed by atoms with van der Waals surface area (Å²) in [5.74, 6) is 5.53. The first-order valence-corrected chi connectivity index (χ1v) is 15.5. The lowest BCUT2D eigenvalue weighted by molar-refractivity contribution is -0.153. The second-order valence-electron chi connectivity index (χ2n) is 13.7. The first kappa shape index (κ1) is 27.6. The Hall–Kier alpha value is -0.480. The summed E-state index contributed by atoms with van der Waals surface area (Å²) in [5.41, 5.74) is 8.39. The standard InChI is InChI=1S/C31H53NO2S/c1-20(2)7-6-8-21(3)25-11-12-26-24-10-9-22-19-23(34-29(33)28(32)15-18-35)13-16-30(22,4)27(24)14-17-31(25,26)5/h9,20-21,23-28,35H,6-8,10-19,32H2,1-5H3/t21-,23?,24+,25-,26+,27+,28+,30+,31-/m1/s1. The van der Waals surface area contributed by atoms with E-state index in [1.807, 2.05) is 0 Å². The summed E-state index contributed by atoms with van der Waals surface area (Å²) in [6.45, 7) is 12.5. The van der Waals surface area contributed by atoms with Crippen molar-refractivity contribution in [1.29, 1.82) is 0 Å². The Labute approximate surface area is 221 Å². The van der Waals surface area contributed by atoms with E-state index in [0.717, 1.165) is 54.8 Å². The van der Waals surface area contributed by atoms with Crippen LogP contribution in [0.15, 0.2) is 11.6 Å². The molecule has 4 heteroatoms. The molecule has 0 heterocycles. The molecule has 4 aliphatic carbocycles. The van der Waals surface area contributed by atoms with Crippen LogP contribution in [0.4, 0.5) is 0 Å². The van der Waals surface area contributed by atoms with Gasteiger partial charge in [-0.3, -0.25) is 4.79 Å². The number of hydrogen-bond donors (Lipinski definition) is 2. The zero-order chi connectivity index (χ0) is 25.4. The molecule has 200 valence electrons. The van der Waals surface area contributed by atoms with E-state index in [-0.39, 0.29) is 12.1 Å². The van der Waals surface area contributed by atoms with E-state index in [0.29, 0.717) is 23.0 Å². The third-order valence-corrected chi connectivity index (χ3v) is 11.5. The van der Waals surface area contributed by atoms with Crippen LogP contribution in [0.2, 0.25) is 0 Å². The fraction of sp³-hybridized carbons (Fsp3) is 0.903. The minimum atomic E-state index is -0.537. The van der Waals surface area contributed by atoms with Gasteiger partial charge in [0.15, 0.2) is 0 Å². The summed E-state index contributed by atoms with van der Waals surface area (Å²) < 4.78 is 5.87. The van der Waals surface area contributed by atoms with Gasteiger partial charge in [-0.15, -0.1) is 0 Å². The van der Waals surface area contributed by atoms with Gasteiger partial charge in [0.2, 0.25) is 0 Å². The average molecular weight is 504 g/mol. The number of carbonyl (C=O) groups is 1. The molecule has 2 N–H and O–H groups in total. The number of carbonyl (C=O) groups excluding carboxylic acids is 1. The van der Waals surface area contributed by atoms with Gasteiger partial charge in [0.05, 0.1) is 0 Å². The lowest BCUT2D eigenvalue weighted by atomic mass is 9.47. The molecule has 3 fully saturated rings. The predicted octanol–water partition coefficient (Wildman–Crippen LogP) is 7.59. The summed E-state index contributed by atoms with van der Waals surface area (Å²) in [5, 5.41) is 0. The highest BCUT2D eigenvalue weighted by molar-refractivity contribution is 7.80. The van der Waals surface area contributed by atoms with Crippen molar-refractivity contribution in [3.05, 3.63) is 11.6 Å². The van der Waals surface area contributed by atoms with Crippen LogP contribution in [0.5, 0.6) is 0 Å². The molecule has 3 saturated carbocycles. The molecule has 0 aromatic heterocycles. The Morgan fingerprint density at radius 3 is 2.57 bits per heavy atom. The van der Waals surface area contributed by atoms with Gasteiger partial charge in [0.25, 0.3) is 0 Å². The van der Waals surface area contributed by atoms with Gasteiger partial charge in [0, 0.05) is 6.42 Å². The average Bonchev–Trinajstić information content (AvgIpc) is 3.16. The molecule has 35 heavy (non-hydrogen) atoms. The monoisotopic (exact) mass is 503 g/mol. The Morgan fingerprint density at radius 1 is 1.09 bits per heavy atom. The second kappa shape index (κ2) is 11.1. The van der Waals surface area contributed by atoms with Crippen molar-refractivity contribution in [2.24, 2.45) is 52.1 Å². The van der Waals surface area contributed by atoms with Crippen LogP contribution in [0.3, 0.4) is 0 Å². The van der Waals surface area contributed by atoms with Gasteiger partial charge < -0.3 is 10.5 Å². The van der Waals surface area contributed by atoms with Gasteiger partial charge in [-0.2, -0.15) is 12.6 Å². The minimum absolute atomic E-state index is 0.000693. The number of thiol groups is 1. The van der Waals surface area contributed by atoms with Crippen LogP contribution < -0.4 is 5.73 Å². The first-order valence-electron chi connectivity index (χ1n) is 14.9. The third kappa shape index (κ3) is 5.40. The quantitative estimate of drug-likeness (QED) is 0.194. The van der Waals surface area contributed by atoms with Crippen molar-refractivity contribution in [3.63, 3.8) is 0 Å². The fourth-order valence-electron chi connectivity index (χ4n) is 9.26. The van der Waals surface area contributed by atoms with Gasteiger partial charge in [-0.25, -0.2) is 0 Å². The van der Waals surface area contributed by atoms with Gasteiger partial charge >= 0.3 is 5.97 Å². The topological polar surface area (TPSA) is 52.3 Å². The molecular formula is C31H53NO2S. The zero-order valence-corrected chi connectivity index (χ0v) is 24.1. The molecule has 1 unspecified atom stereocenters. The van der Waals surface area contributed by atoms with Crippen molar-refractivity contribution in [3.8, 4) is 0 Å². The van der Waals surface area contributed by atoms with Crippen LogP contribution in [0, 0.1) is 46.3 Å². The van der Waals surface area contributed by atoms with E-state index in [2.05, 4.69) is 53.3 Å². The second-order valence-corrected chi connectivity index (χ2v) is 14.2. The van der Waals surface area contributed by atoms with Crippen molar-refractivity contribution >= 4 is 18.6 Å². The molecule has 0 spiro atoms. The predicted molar refractivity (Wildman–Crippen MR) is 149 cm³/mol. The first-order chi connectivity index (χ1) is 16.6. The normalized spacial score (nSPS) is 40.3. The summed E-state index contributed by atoms with van der Waals surface area (Å²) in [7, 11) is 0. The molecule has 3 nitrogen and oxygen atoms in total. The van der Waals surface area contributed by atoms with E-state index in [4.69, 9.17) is 10.5 Å². The maximum absolute atomic E-state index is 12.4. The molecule has 0 aromatic carbocycles. The van der Waals surface area contributed by atoms with Crippen molar-refractivity contribution in [1.82, 2.24) is 0 Å². The number of ether oxygens (including phenoxy) is 1. The highest BCUT2D eigenvalue weighted by atomic mass is 32.1. The van der Waals surface area contributed by atoms with E-state index >= 15 is 0 Å². The van der Waals surface area contributed by atoms with Crippen molar-refractivity contribution in [2.75, 3.05) is 5.75 Å². The summed E-state index contributed by atoms with van der Waals surface area (Å²) in [4.78, 5) is 12.4.